The van der Waals surface area contributed by atoms with Crippen LogP contribution in [0.25, 0.3) is 10.1 Å². The molecule has 0 fully saturated rings. The highest BCUT2D eigenvalue weighted by Gasteiger charge is 2.45. The minimum Gasteiger partial charge on any atom is -0.492 e. The highest BCUT2D eigenvalue weighted by atomic mass is 79.9. The van der Waals surface area contributed by atoms with Gasteiger partial charge < -0.3 is 20.3 Å². The number of carbonyl (C=O) groups excluding carboxylic acids is 1. The molecule has 14 heteroatoms. The van der Waals surface area contributed by atoms with Crippen molar-refractivity contribution in [3.63, 3.8) is 0 Å². The molecule has 0 aliphatic heterocycles. The van der Waals surface area contributed by atoms with Crippen LogP contribution in [0.5, 0.6) is 5.75 Å². The van der Waals surface area contributed by atoms with Gasteiger partial charge in [-0.05, 0) is 34.5 Å². The molecule has 0 radical (unpaired) electrons. The molecule has 1 aromatic heterocycles. The first-order chi connectivity index (χ1) is 12.3. The van der Waals surface area contributed by atoms with Gasteiger partial charge in [0.25, 0.3) is 0 Å². The summed E-state index contributed by atoms with van der Waals surface area (Å²) in [6.45, 7) is -0.109. The first kappa shape index (κ1) is 22.3. The van der Waals surface area contributed by atoms with Crippen LogP contribution >= 0.6 is 35.6 Å². The molecular weight excluding hydrogens is 493 g/mol. The Morgan fingerprint density at radius 2 is 2.00 bits per heavy atom. The molecule has 0 unspecified atom stereocenters. The molecule has 1 heterocycles. The predicted octanol–water partition coefficient (Wildman–Crippen LogP) is 2.17. The normalized spacial score (nSPS) is 12.7. The van der Waals surface area contributed by atoms with E-state index in [4.69, 9.17) is 25.4 Å². The number of benzene rings is 1. The van der Waals surface area contributed by atoms with Gasteiger partial charge in [0.05, 0.1) is 21.9 Å². The summed E-state index contributed by atoms with van der Waals surface area (Å²) in [5, 5.41) is 5.06. The Kier molecular flexibility index (Phi) is 6.78. The van der Waals surface area contributed by atoms with Crippen LogP contribution in [0, 0.1) is 0 Å². The molecule has 0 bridgehead atoms. The fraction of sp³-hybridized carbons (Fsp3) is 0.308. The monoisotopic (exact) mass is 506 g/mol. The minimum absolute atomic E-state index is 0.0208. The number of sulfonamides is 1. The second kappa shape index (κ2) is 8.19. The van der Waals surface area contributed by atoms with Gasteiger partial charge in [0.1, 0.15) is 5.75 Å². The van der Waals surface area contributed by atoms with Gasteiger partial charge in [-0.1, -0.05) is 0 Å². The van der Waals surface area contributed by atoms with E-state index in [1.54, 1.807) is 0 Å². The van der Waals surface area contributed by atoms with E-state index in [2.05, 4.69) is 15.9 Å². The van der Waals surface area contributed by atoms with Crippen molar-refractivity contribution in [2.75, 3.05) is 12.4 Å². The highest BCUT2D eigenvalue weighted by molar-refractivity contribution is 9.10. The Morgan fingerprint density at radius 3 is 2.52 bits per heavy atom. The van der Waals surface area contributed by atoms with Gasteiger partial charge >= 0.3 is 5.66 Å². The Balaban J connectivity index is 2.50. The Morgan fingerprint density at radius 1 is 1.37 bits per heavy atom. The topological polar surface area (TPSA) is 153 Å². The molecule has 0 atom stereocenters. The van der Waals surface area contributed by atoms with Gasteiger partial charge in [-0.2, -0.15) is 8.78 Å². The number of hydrogen-bond donors (Lipinski definition) is 4. The number of alkyl halides is 2. The van der Waals surface area contributed by atoms with Crippen LogP contribution in [0.4, 0.5) is 8.78 Å². The van der Waals surface area contributed by atoms with Crippen LogP contribution < -0.4 is 15.6 Å². The average molecular weight is 507 g/mol. The van der Waals surface area contributed by atoms with Gasteiger partial charge in [-0.3, -0.25) is 4.79 Å². The minimum atomic E-state index is -3.91. The van der Waals surface area contributed by atoms with Crippen molar-refractivity contribution in [3.8, 4) is 5.75 Å². The molecule has 0 saturated heterocycles. The number of amides is 1. The van der Waals surface area contributed by atoms with Crippen molar-refractivity contribution in [1.82, 2.24) is 0 Å². The molecule has 0 aliphatic rings. The number of rotatable bonds is 8. The molecule has 0 aliphatic carbocycles. The third-order valence-electron chi connectivity index (χ3n) is 3.33. The van der Waals surface area contributed by atoms with E-state index in [1.165, 1.54) is 12.1 Å². The fourth-order valence-corrected chi connectivity index (χ4v) is 5.42. The van der Waals surface area contributed by atoms with Crippen LogP contribution in [-0.2, 0) is 15.7 Å². The number of fused-ring (bicyclic) bond motifs is 1. The summed E-state index contributed by atoms with van der Waals surface area (Å²) in [6.07, 6.45) is 0.0370. The van der Waals surface area contributed by atoms with Gasteiger partial charge in [0, 0.05) is 15.4 Å². The van der Waals surface area contributed by atoms with Crippen molar-refractivity contribution in [3.05, 3.63) is 27.0 Å². The quantitative estimate of drug-likeness (QED) is 0.318. The molecule has 6 N–H and O–H groups in total. The van der Waals surface area contributed by atoms with Crippen LogP contribution in [0.3, 0.4) is 0 Å². The van der Waals surface area contributed by atoms with Crippen molar-refractivity contribution < 1.29 is 36.5 Å². The second-order valence-corrected chi connectivity index (χ2v) is 10.0. The predicted molar refractivity (Wildman–Crippen MR) is 101 cm³/mol. The van der Waals surface area contributed by atoms with Gasteiger partial charge in [0.2, 0.25) is 24.3 Å². The molecule has 2 rings (SSSR count). The number of carbonyl (C=O) groups is 1. The van der Waals surface area contributed by atoms with Crippen LogP contribution in [-0.4, -0.2) is 36.5 Å². The lowest BCUT2D eigenvalue weighted by molar-refractivity contribution is 0.0766. The third-order valence-corrected chi connectivity index (χ3v) is 7.45. The third kappa shape index (κ3) is 5.11. The van der Waals surface area contributed by atoms with E-state index in [1.807, 2.05) is 0 Å². The lowest BCUT2D eigenvalue weighted by Crippen LogP contribution is -2.18. The molecule has 1 aromatic carbocycles. The summed E-state index contributed by atoms with van der Waals surface area (Å²) in [6, 6.07) is 2.51. The molecule has 8 nitrogen and oxygen atoms in total. The van der Waals surface area contributed by atoms with Crippen molar-refractivity contribution in [1.29, 1.82) is 0 Å². The standard InChI is InChI=1S/C13H14BrF2N2O6PS2/c14-9-7-4-6(12(17)19)5-8(24-2-1-3-27(18,22)23)10(7)26-11(9)13(15,16)25(20)21/h4-5,20-21H,1-3H2,(H2,17,19)(H2,18,22,23). The van der Waals surface area contributed by atoms with E-state index < -0.39 is 34.8 Å². The summed E-state index contributed by atoms with van der Waals surface area (Å²) in [5.74, 6) is -1.14. The first-order valence-electron chi connectivity index (χ1n) is 7.10. The zero-order valence-corrected chi connectivity index (χ0v) is 17.5. The van der Waals surface area contributed by atoms with E-state index in [0.29, 0.717) is 11.3 Å². The molecule has 27 heavy (non-hydrogen) atoms. The van der Waals surface area contributed by atoms with Gasteiger partial charge in [-0.25, -0.2) is 13.6 Å². The van der Waals surface area contributed by atoms with Crippen LogP contribution in [0.2, 0.25) is 0 Å². The van der Waals surface area contributed by atoms with E-state index >= 15 is 0 Å². The first-order valence-corrected chi connectivity index (χ1v) is 11.7. The summed E-state index contributed by atoms with van der Waals surface area (Å²) in [4.78, 5) is 28.9. The summed E-state index contributed by atoms with van der Waals surface area (Å²) in [7, 11) is -7.28. The SMILES string of the molecule is NC(=O)c1cc(OCCCS(N)(=O)=O)c2sc(C(F)(F)P(O)O)c(Br)c2c1. The largest absolute Gasteiger partial charge is 0.492 e. The number of halogens is 3. The number of primary amides is 1. The zero-order valence-electron chi connectivity index (χ0n) is 13.4. The Labute approximate surface area is 166 Å². The van der Waals surface area contributed by atoms with Crippen molar-refractivity contribution >= 4 is 61.7 Å². The Bertz CT molecular complexity index is 983. The van der Waals surface area contributed by atoms with Crippen LogP contribution in [0.1, 0.15) is 21.7 Å². The summed E-state index contributed by atoms with van der Waals surface area (Å²) in [5.41, 5.74) is 1.32. The van der Waals surface area contributed by atoms with Crippen molar-refractivity contribution in [2.45, 2.75) is 12.1 Å². The average Bonchev–Trinajstić information content (AvgIpc) is 2.88. The summed E-state index contributed by atoms with van der Waals surface area (Å²) < 4.78 is 55.6. The molecule has 1 amide bonds. The number of hydrogen-bond acceptors (Lipinski definition) is 7. The smallest absolute Gasteiger partial charge is 0.349 e. The van der Waals surface area contributed by atoms with E-state index in [9.17, 15) is 22.0 Å². The number of primary sulfonamides is 1. The maximum atomic E-state index is 14.1. The van der Waals surface area contributed by atoms with E-state index in [0.717, 1.165) is 0 Å². The molecule has 0 saturated carbocycles. The zero-order chi connectivity index (χ0) is 20.6. The Hall–Kier alpha value is -0.950. The maximum Gasteiger partial charge on any atom is 0.349 e. The molecule has 150 valence electrons. The van der Waals surface area contributed by atoms with Gasteiger partial charge in [0.15, 0.2) is 0 Å². The van der Waals surface area contributed by atoms with Gasteiger partial charge in [-0.15, -0.1) is 11.3 Å². The summed E-state index contributed by atoms with van der Waals surface area (Å²) >= 11 is 3.55. The van der Waals surface area contributed by atoms with Crippen molar-refractivity contribution in [2.24, 2.45) is 10.9 Å². The lowest BCUT2D eigenvalue weighted by Gasteiger charge is -2.15. The van der Waals surface area contributed by atoms with E-state index in [-0.39, 0.29) is 44.7 Å². The lowest BCUT2D eigenvalue weighted by atomic mass is 10.1. The maximum absolute atomic E-state index is 14.1. The number of thiophene rings is 1. The molecule has 0 spiro atoms. The second-order valence-electron chi connectivity index (χ2n) is 5.36. The fourth-order valence-electron chi connectivity index (χ4n) is 2.12. The molecule has 2 aromatic rings. The van der Waals surface area contributed by atoms with Crippen LogP contribution in [0.15, 0.2) is 16.6 Å². The highest BCUT2D eigenvalue weighted by Crippen LogP contribution is 2.58. The molecular formula is C13H14BrF2N2O6PS2. The number of nitrogens with two attached hydrogens (primary N) is 2. The number of ether oxygens (including phenoxy) is 1.